The summed E-state index contributed by atoms with van der Waals surface area (Å²) in [6, 6.07) is 11.6. The van der Waals surface area contributed by atoms with Crippen molar-refractivity contribution in [1.29, 1.82) is 0 Å². The molecule has 27 heavy (non-hydrogen) atoms. The Morgan fingerprint density at radius 2 is 1.78 bits per heavy atom. The number of amides is 1. The van der Waals surface area contributed by atoms with Crippen LogP contribution in [0.25, 0.3) is 0 Å². The van der Waals surface area contributed by atoms with Crippen molar-refractivity contribution < 1.29 is 13.2 Å². The predicted molar refractivity (Wildman–Crippen MR) is 107 cm³/mol. The Balaban J connectivity index is 1.85. The Morgan fingerprint density at radius 3 is 2.44 bits per heavy atom. The zero-order chi connectivity index (χ0) is 19.8. The number of benzene rings is 2. The number of carbonyl (C=O) groups excluding carboxylic acids is 1. The Hall–Kier alpha value is -2.18. The Bertz CT molecular complexity index is 981. The lowest BCUT2D eigenvalue weighted by atomic mass is 9.88. The molecule has 5 nitrogen and oxygen atoms in total. The second-order valence-electron chi connectivity index (χ2n) is 7.39. The van der Waals surface area contributed by atoms with Crippen molar-refractivity contribution in [1.82, 2.24) is 9.62 Å². The fraction of sp³-hybridized carbons (Fsp3) is 0.381. The largest absolute Gasteiger partial charge is 0.349 e. The summed E-state index contributed by atoms with van der Waals surface area (Å²) in [4.78, 5) is 13.0. The van der Waals surface area contributed by atoms with Gasteiger partial charge in [0.2, 0.25) is 10.0 Å². The monoisotopic (exact) mass is 386 g/mol. The van der Waals surface area contributed by atoms with Crippen LogP contribution in [0.5, 0.6) is 0 Å². The predicted octanol–water partition coefficient (Wildman–Crippen LogP) is 2.84. The molecule has 0 radical (unpaired) electrons. The van der Waals surface area contributed by atoms with Crippen LogP contribution in [0.3, 0.4) is 0 Å². The SMILES string of the molecule is Cc1cc(C(=O)NC2CCc3ccccc3C2)cc(S(=O)(=O)N(C)C)c1C. The summed E-state index contributed by atoms with van der Waals surface area (Å²) in [5.74, 6) is -0.224. The summed E-state index contributed by atoms with van der Waals surface area (Å²) < 4.78 is 26.4. The maximum Gasteiger partial charge on any atom is 0.251 e. The summed E-state index contributed by atoms with van der Waals surface area (Å²) >= 11 is 0. The normalized spacial score (nSPS) is 16.9. The molecule has 2 aromatic carbocycles. The fourth-order valence-electron chi connectivity index (χ4n) is 3.51. The molecule has 0 fully saturated rings. The van der Waals surface area contributed by atoms with Gasteiger partial charge in [-0.15, -0.1) is 0 Å². The average Bonchev–Trinajstić information content (AvgIpc) is 2.63. The highest BCUT2D eigenvalue weighted by Crippen LogP contribution is 2.25. The first-order valence-electron chi connectivity index (χ1n) is 9.11. The molecule has 1 aliphatic rings. The molecule has 2 aromatic rings. The summed E-state index contributed by atoms with van der Waals surface area (Å²) in [7, 11) is -0.613. The molecule has 6 heteroatoms. The van der Waals surface area contributed by atoms with E-state index in [9.17, 15) is 13.2 Å². The minimum Gasteiger partial charge on any atom is -0.349 e. The standard InChI is InChI=1S/C21H26N2O3S/c1-14-11-18(13-20(15(14)2)27(25,26)23(3)4)21(24)22-19-10-9-16-7-5-6-8-17(16)12-19/h5-8,11,13,19H,9-10,12H2,1-4H3,(H,22,24). The fourth-order valence-corrected chi connectivity index (χ4v) is 4.73. The van der Waals surface area contributed by atoms with Crippen molar-refractivity contribution in [2.45, 2.75) is 44.0 Å². The van der Waals surface area contributed by atoms with Gasteiger partial charge < -0.3 is 5.32 Å². The zero-order valence-electron chi connectivity index (χ0n) is 16.2. The van der Waals surface area contributed by atoms with Crippen LogP contribution in [-0.2, 0) is 22.9 Å². The van der Waals surface area contributed by atoms with E-state index in [1.165, 1.54) is 35.6 Å². The van der Waals surface area contributed by atoms with Crippen LogP contribution in [-0.4, -0.2) is 38.8 Å². The van der Waals surface area contributed by atoms with E-state index in [4.69, 9.17) is 0 Å². The number of hydrogen-bond acceptors (Lipinski definition) is 3. The summed E-state index contributed by atoms with van der Waals surface area (Å²) in [6.07, 6.45) is 2.63. The third-order valence-corrected chi connectivity index (χ3v) is 7.26. The smallest absolute Gasteiger partial charge is 0.251 e. The molecule has 0 bridgehead atoms. The van der Waals surface area contributed by atoms with Crippen LogP contribution in [0, 0.1) is 13.8 Å². The highest BCUT2D eigenvalue weighted by molar-refractivity contribution is 7.89. The third-order valence-electron chi connectivity index (χ3n) is 5.32. The van der Waals surface area contributed by atoms with Crippen LogP contribution >= 0.6 is 0 Å². The molecule has 144 valence electrons. The Labute approximate surface area is 161 Å². The molecule has 0 saturated carbocycles. The molecular weight excluding hydrogens is 360 g/mol. The van der Waals surface area contributed by atoms with Crippen molar-refractivity contribution in [3.8, 4) is 0 Å². The lowest BCUT2D eigenvalue weighted by Crippen LogP contribution is -2.39. The molecule has 1 unspecified atom stereocenters. The summed E-state index contributed by atoms with van der Waals surface area (Å²) in [6.45, 7) is 3.60. The van der Waals surface area contributed by atoms with Gasteiger partial charge in [-0.2, -0.15) is 0 Å². The molecule has 3 rings (SSSR count). The minimum absolute atomic E-state index is 0.0583. The second-order valence-corrected chi connectivity index (χ2v) is 9.51. The van der Waals surface area contributed by atoms with Crippen LogP contribution in [0.2, 0.25) is 0 Å². The summed E-state index contributed by atoms with van der Waals surface area (Å²) in [5, 5.41) is 3.08. The van der Waals surface area contributed by atoms with Gasteiger partial charge in [0, 0.05) is 25.7 Å². The summed E-state index contributed by atoms with van der Waals surface area (Å²) in [5.41, 5.74) is 4.46. The van der Waals surface area contributed by atoms with Gasteiger partial charge in [0.15, 0.2) is 0 Å². The molecule has 1 N–H and O–H groups in total. The molecule has 0 aromatic heterocycles. The van der Waals surface area contributed by atoms with Gasteiger partial charge in [-0.05, 0) is 67.5 Å². The van der Waals surface area contributed by atoms with Gasteiger partial charge in [0.05, 0.1) is 4.90 Å². The van der Waals surface area contributed by atoms with E-state index in [0.29, 0.717) is 11.1 Å². The van der Waals surface area contributed by atoms with E-state index < -0.39 is 10.0 Å². The molecule has 0 spiro atoms. The first-order valence-corrected chi connectivity index (χ1v) is 10.6. The third kappa shape index (κ3) is 3.92. The van der Waals surface area contributed by atoms with E-state index in [-0.39, 0.29) is 16.8 Å². The van der Waals surface area contributed by atoms with Gasteiger partial charge in [-0.25, -0.2) is 12.7 Å². The van der Waals surface area contributed by atoms with Gasteiger partial charge >= 0.3 is 0 Å². The van der Waals surface area contributed by atoms with E-state index in [1.54, 1.807) is 13.0 Å². The maximum atomic E-state index is 12.8. The molecule has 0 saturated heterocycles. The van der Waals surface area contributed by atoms with Crippen LogP contribution < -0.4 is 5.32 Å². The lowest BCUT2D eigenvalue weighted by Gasteiger charge is -2.25. The number of carbonyl (C=O) groups is 1. The minimum atomic E-state index is -3.61. The van der Waals surface area contributed by atoms with Crippen molar-refractivity contribution in [2.75, 3.05) is 14.1 Å². The van der Waals surface area contributed by atoms with Crippen LogP contribution in [0.15, 0.2) is 41.3 Å². The van der Waals surface area contributed by atoms with E-state index >= 15 is 0 Å². The molecule has 1 aliphatic carbocycles. The van der Waals surface area contributed by atoms with Gasteiger partial charge in [0.25, 0.3) is 5.91 Å². The van der Waals surface area contributed by atoms with E-state index in [2.05, 4.69) is 17.4 Å². The zero-order valence-corrected chi connectivity index (χ0v) is 17.1. The first-order chi connectivity index (χ1) is 12.7. The maximum absolute atomic E-state index is 12.8. The molecule has 1 atom stereocenters. The van der Waals surface area contributed by atoms with Crippen molar-refractivity contribution >= 4 is 15.9 Å². The number of aryl methyl sites for hydroxylation is 2. The van der Waals surface area contributed by atoms with Crippen molar-refractivity contribution in [3.63, 3.8) is 0 Å². The quantitative estimate of drug-likeness (QED) is 0.879. The number of fused-ring (bicyclic) bond motifs is 1. The van der Waals surface area contributed by atoms with E-state index in [1.807, 2.05) is 19.1 Å². The highest BCUT2D eigenvalue weighted by Gasteiger charge is 2.25. The lowest BCUT2D eigenvalue weighted by molar-refractivity contribution is 0.0933. The van der Waals surface area contributed by atoms with Gasteiger partial charge in [0.1, 0.15) is 0 Å². The van der Waals surface area contributed by atoms with Crippen molar-refractivity contribution in [3.05, 3.63) is 64.2 Å². The Kier molecular flexibility index (Phi) is 5.40. The molecule has 0 heterocycles. The number of hydrogen-bond donors (Lipinski definition) is 1. The molecule has 1 amide bonds. The van der Waals surface area contributed by atoms with Gasteiger partial charge in [-0.3, -0.25) is 4.79 Å². The molecule has 0 aliphatic heterocycles. The van der Waals surface area contributed by atoms with Gasteiger partial charge in [-0.1, -0.05) is 24.3 Å². The van der Waals surface area contributed by atoms with E-state index in [0.717, 1.165) is 24.8 Å². The number of nitrogens with one attached hydrogen (secondary N) is 1. The number of sulfonamides is 1. The second kappa shape index (κ2) is 7.44. The number of rotatable bonds is 4. The van der Waals surface area contributed by atoms with Crippen LogP contribution in [0.1, 0.15) is 39.0 Å². The topological polar surface area (TPSA) is 66.5 Å². The van der Waals surface area contributed by atoms with Crippen LogP contribution in [0.4, 0.5) is 0 Å². The highest BCUT2D eigenvalue weighted by atomic mass is 32.2. The first kappa shape index (κ1) is 19.6. The average molecular weight is 387 g/mol. The number of nitrogens with zero attached hydrogens (tertiary/aromatic N) is 1. The van der Waals surface area contributed by atoms with Crippen molar-refractivity contribution in [2.24, 2.45) is 0 Å². The molecular formula is C21H26N2O3S. The Morgan fingerprint density at radius 1 is 1.11 bits per heavy atom.